The van der Waals surface area contributed by atoms with Gasteiger partial charge in [-0.1, -0.05) is 0 Å². The van der Waals surface area contributed by atoms with Crippen molar-refractivity contribution in [3.63, 3.8) is 0 Å². The molecule has 1 aromatic carbocycles. The quantitative estimate of drug-likeness (QED) is 0.628. The van der Waals surface area contributed by atoms with Crippen molar-refractivity contribution in [2.75, 3.05) is 29.9 Å². The summed E-state index contributed by atoms with van der Waals surface area (Å²) in [6.07, 6.45) is 7.88. The number of nitrogens with zero attached hydrogens (tertiary/aromatic N) is 6. The van der Waals surface area contributed by atoms with Gasteiger partial charge in [-0.3, -0.25) is 9.59 Å². The van der Waals surface area contributed by atoms with Crippen LogP contribution >= 0.6 is 0 Å². The number of carbonyl (C=O) groups is 2. The van der Waals surface area contributed by atoms with Crippen LogP contribution in [0.15, 0.2) is 55.4 Å². The summed E-state index contributed by atoms with van der Waals surface area (Å²) in [5, 5.41) is 9.57. The molecule has 1 aliphatic rings. The Morgan fingerprint density at radius 3 is 2.47 bits per heavy atom. The Labute approximate surface area is 173 Å². The average molecular weight is 406 g/mol. The van der Waals surface area contributed by atoms with Crippen LogP contribution in [0, 0.1) is 5.92 Å². The van der Waals surface area contributed by atoms with Crippen molar-refractivity contribution in [1.29, 1.82) is 0 Å². The minimum absolute atomic E-state index is 0.0638. The largest absolute Gasteiger partial charge is 0.347 e. The first-order chi connectivity index (χ1) is 14.7. The van der Waals surface area contributed by atoms with Crippen molar-refractivity contribution in [2.24, 2.45) is 5.92 Å². The van der Waals surface area contributed by atoms with Crippen LogP contribution in [-0.2, 0) is 9.59 Å². The summed E-state index contributed by atoms with van der Waals surface area (Å²) >= 11 is 0. The number of hydrogen-bond donors (Lipinski definition) is 2. The van der Waals surface area contributed by atoms with E-state index >= 15 is 0 Å². The molecule has 3 heterocycles. The lowest BCUT2D eigenvalue weighted by Gasteiger charge is -2.31. The van der Waals surface area contributed by atoms with Gasteiger partial charge in [0.15, 0.2) is 0 Å². The average Bonchev–Trinajstić information content (AvgIpc) is 3.34. The van der Waals surface area contributed by atoms with Gasteiger partial charge in [-0.15, -0.1) is 0 Å². The molecular formula is C20H22N8O2. The highest BCUT2D eigenvalue weighted by molar-refractivity contribution is 5.94. The molecule has 0 atom stereocenters. The number of carbonyl (C=O) groups excluding carboxylic acids is 2. The summed E-state index contributed by atoms with van der Waals surface area (Å²) in [4.78, 5) is 39.1. The third-order valence-corrected chi connectivity index (χ3v) is 4.96. The smallest absolute Gasteiger partial charge is 0.243 e. The number of benzene rings is 1. The molecule has 2 aromatic heterocycles. The lowest BCUT2D eigenvalue weighted by Crippen LogP contribution is -2.43. The molecule has 0 bridgehead atoms. The summed E-state index contributed by atoms with van der Waals surface area (Å²) in [5.74, 6) is 0.206. The fourth-order valence-electron chi connectivity index (χ4n) is 3.35. The Balaban J connectivity index is 1.21. The SMILES string of the molecule is O=C(CNC(=O)C1CCN(c2ncccn2)CC1)Nc1ccc(-n2cncn2)cc1. The van der Waals surface area contributed by atoms with Gasteiger partial charge in [-0.25, -0.2) is 19.6 Å². The second kappa shape index (κ2) is 9.12. The molecule has 1 saturated heterocycles. The van der Waals surface area contributed by atoms with Crippen LogP contribution < -0.4 is 15.5 Å². The number of anilines is 2. The molecule has 1 fully saturated rings. The molecule has 0 unspecified atom stereocenters. The number of rotatable bonds is 6. The molecular weight excluding hydrogens is 384 g/mol. The highest BCUT2D eigenvalue weighted by atomic mass is 16.2. The zero-order valence-electron chi connectivity index (χ0n) is 16.3. The van der Waals surface area contributed by atoms with Crippen molar-refractivity contribution in [3.8, 4) is 5.69 Å². The van der Waals surface area contributed by atoms with Crippen LogP contribution in [0.1, 0.15) is 12.8 Å². The second-order valence-electron chi connectivity index (χ2n) is 6.96. The van der Waals surface area contributed by atoms with Gasteiger partial charge >= 0.3 is 0 Å². The molecule has 3 aromatic rings. The van der Waals surface area contributed by atoms with Crippen LogP contribution in [0.5, 0.6) is 0 Å². The topological polar surface area (TPSA) is 118 Å². The van der Waals surface area contributed by atoms with E-state index in [1.54, 1.807) is 41.6 Å². The van der Waals surface area contributed by atoms with Gasteiger partial charge in [0.1, 0.15) is 12.7 Å². The number of piperidine rings is 1. The van der Waals surface area contributed by atoms with Crippen molar-refractivity contribution >= 4 is 23.5 Å². The lowest BCUT2D eigenvalue weighted by molar-refractivity contribution is -0.127. The number of amides is 2. The first-order valence-corrected chi connectivity index (χ1v) is 9.73. The predicted octanol–water partition coefficient (Wildman–Crippen LogP) is 1.03. The summed E-state index contributed by atoms with van der Waals surface area (Å²) in [6, 6.07) is 8.98. The highest BCUT2D eigenvalue weighted by Crippen LogP contribution is 2.20. The number of hydrogen-bond acceptors (Lipinski definition) is 7. The van der Waals surface area contributed by atoms with E-state index in [9.17, 15) is 9.59 Å². The molecule has 2 amide bonds. The maximum atomic E-state index is 12.4. The van der Waals surface area contributed by atoms with Crippen LogP contribution in [0.25, 0.3) is 5.69 Å². The Morgan fingerprint density at radius 2 is 1.80 bits per heavy atom. The molecule has 0 radical (unpaired) electrons. The third-order valence-electron chi connectivity index (χ3n) is 4.96. The van der Waals surface area contributed by atoms with E-state index in [-0.39, 0.29) is 24.3 Å². The highest BCUT2D eigenvalue weighted by Gasteiger charge is 2.26. The van der Waals surface area contributed by atoms with Gasteiger partial charge in [0.25, 0.3) is 0 Å². The van der Waals surface area contributed by atoms with E-state index in [4.69, 9.17) is 0 Å². The van der Waals surface area contributed by atoms with E-state index in [1.807, 2.05) is 12.1 Å². The first-order valence-electron chi connectivity index (χ1n) is 9.73. The molecule has 4 rings (SSSR count). The Morgan fingerprint density at radius 1 is 1.07 bits per heavy atom. The maximum Gasteiger partial charge on any atom is 0.243 e. The standard InChI is InChI=1S/C20H22N8O2/c29-18(26-16-2-4-17(5-3-16)28-14-21-13-25-28)12-24-19(30)15-6-10-27(11-7-15)20-22-8-1-9-23-20/h1-5,8-9,13-15H,6-7,10-12H2,(H,24,30)(H,26,29). The van der Waals surface area contributed by atoms with Crippen LogP contribution in [0.2, 0.25) is 0 Å². The second-order valence-corrected chi connectivity index (χ2v) is 6.96. The van der Waals surface area contributed by atoms with E-state index in [0.717, 1.165) is 5.69 Å². The van der Waals surface area contributed by atoms with Crippen LogP contribution in [-0.4, -0.2) is 56.2 Å². The fourth-order valence-corrected chi connectivity index (χ4v) is 3.35. The zero-order chi connectivity index (χ0) is 20.8. The van der Waals surface area contributed by atoms with Crippen molar-refractivity contribution in [2.45, 2.75) is 12.8 Å². The normalized spacial score (nSPS) is 14.3. The van der Waals surface area contributed by atoms with Gasteiger partial charge in [-0.2, -0.15) is 5.10 Å². The maximum absolute atomic E-state index is 12.4. The van der Waals surface area contributed by atoms with Crippen molar-refractivity contribution in [3.05, 3.63) is 55.4 Å². The molecule has 30 heavy (non-hydrogen) atoms. The van der Waals surface area contributed by atoms with E-state index < -0.39 is 0 Å². The molecule has 2 N–H and O–H groups in total. The molecule has 154 valence electrons. The molecule has 10 heteroatoms. The molecule has 0 saturated carbocycles. The predicted molar refractivity (Wildman–Crippen MR) is 110 cm³/mol. The van der Waals surface area contributed by atoms with Crippen LogP contribution in [0.3, 0.4) is 0 Å². The first kappa shape index (κ1) is 19.5. The Bertz CT molecular complexity index is 968. The van der Waals surface area contributed by atoms with E-state index in [0.29, 0.717) is 37.6 Å². The summed E-state index contributed by atoms with van der Waals surface area (Å²) < 4.78 is 1.63. The van der Waals surface area contributed by atoms with Gasteiger partial charge < -0.3 is 15.5 Å². The fraction of sp³-hybridized carbons (Fsp3) is 0.300. The minimum Gasteiger partial charge on any atom is -0.347 e. The minimum atomic E-state index is -0.271. The lowest BCUT2D eigenvalue weighted by atomic mass is 9.96. The summed E-state index contributed by atoms with van der Waals surface area (Å²) in [6.45, 7) is 1.37. The Kier molecular flexibility index (Phi) is 5.93. The van der Waals surface area contributed by atoms with Gasteiger partial charge in [0.05, 0.1) is 12.2 Å². The molecule has 0 spiro atoms. The Hall–Kier alpha value is -3.82. The van der Waals surface area contributed by atoms with E-state index in [2.05, 4.69) is 35.6 Å². The number of nitrogens with one attached hydrogen (secondary N) is 2. The molecule has 1 aliphatic heterocycles. The monoisotopic (exact) mass is 406 g/mol. The number of aromatic nitrogens is 5. The van der Waals surface area contributed by atoms with Gasteiger partial charge in [0.2, 0.25) is 17.8 Å². The third kappa shape index (κ3) is 4.77. The van der Waals surface area contributed by atoms with E-state index in [1.165, 1.54) is 6.33 Å². The van der Waals surface area contributed by atoms with Crippen molar-refractivity contribution < 1.29 is 9.59 Å². The molecule has 0 aliphatic carbocycles. The summed E-state index contributed by atoms with van der Waals surface area (Å²) in [5.41, 5.74) is 1.49. The van der Waals surface area contributed by atoms with Crippen LogP contribution in [0.4, 0.5) is 11.6 Å². The van der Waals surface area contributed by atoms with Gasteiger partial charge in [-0.05, 0) is 43.2 Å². The molecule has 10 nitrogen and oxygen atoms in total. The zero-order valence-corrected chi connectivity index (χ0v) is 16.3. The summed E-state index contributed by atoms with van der Waals surface area (Å²) in [7, 11) is 0. The van der Waals surface area contributed by atoms with Gasteiger partial charge in [0, 0.05) is 37.1 Å². The van der Waals surface area contributed by atoms with Crippen molar-refractivity contribution in [1.82, 2.24) is 30.0 Å².